The molecule has 0 radical (unpaired) electrons. The molecule has 27 heavy (non-hydrogen) atoms. The van der Waals surface area contributed by atoms with Crippen molar-refractivity contribution in [3.63, 3.8) is 0 Å². The SMILES string of the molecule is CCNC(=NCc1ncc(C)c(OC)c1C)N1CCC(C(=O)OC)CC1.I. The van der Waals surface area contributed by atoms with Gasteiger partial charge in [0.1, 0.15) is 5.75 Å². The molecule has 0 saturated carbocycles. The highest BCUT2D eigenvalue weighted by molar-refractivity contribution is 14.0. The first-order chi connectivity index (χ1) is 12.5. The number of rotatable bonds is 5. The molecule has 152 valence electrons. The molecule has 1 aliphatic rings. The summed E-state index contributed by atoms with van der Waals surface area (Å²) in [6, 6.07) is 0. The Labute approximate surface area is 178 Å². The van der Waals surface area contributed by atoms with Crippen LogP contribution in [0.1, 0.15) is 36.6 Å². The Morgan fingerprint density at radius 3 is 2.56 bits per heavy atom. The number of piperidine rings is 1. The van der Waals surface area contributed by atoms with Gasteiger partial charge in [0.15, 0.2) is 5.96 Å². The summed E-state index contributed by atoms with van der Waals surface area (Å²) in [7, 11) is 3.13. The largest absolute Gasteiger partial charge is 0.496 e. The molecule has 2 heterocycles. The number of esters is 1. The molecule has 1 aliphatic heterocycles. The highest BCUT2D eigenvalue weighted by Crippen LogP contribution is 2.24. The molecule has 0 amide bonds. The molecule has 1 saturated heterocycles. The number of carbonyl (C=O) groups is 1. The molecular formula is C19H31IN4O3. The van der Waals surface area contributed by atoms with E-state index in [-0.39, 0.29) is 35.9 Å². The van der Waals surface area contributed by atoms with Crippen LogP contribution < -0.4 is 10.1 Å². The number of pyridine rings is 1. The number of aliphatic imine (C=N–C) groups is 1. The van der Waals surface area contributed by atoms with Crippen molar-refractivity contribution < 1.29 is 14.3 Å². The Bertz CT molecular complexity index is 659. The molecule has 2 rings (SSSR count). The Morgan fingerprint density at radius 1 is 1.33 bits per heavy atom. The van der Waals surface area contributed by atoms with Gasteiger partial charge in [-0.25, -0.2) is 4.99 Å². The number of methoxy groups -OCH3 is 2. The van der Waals surface area contributed by atoms with Crippen LogP contribution in [0, 0.1) is 19.8 Å². The number of aryl methyl sites for hydroxylation is 1. The van der Waals surface area contributed by atoms with Gasteiger partial charge in [0.25, 0.3) is 0 Å². The summed E-state index contributed by atoms with van der Waals surface area (Å²) < 4.78 is 10.3. The van der Waals surface area contributed by atoms with Crippen LogP contribution in [0.3, 0.4) is 0 Å². The van der Waals surface area contributed by atoms with Crippen molar-refractivity contribution in [2.24, 2.45) is 10.9 Å². The van der Waals surface area contributed by atoms with E-state index in [0.29, 0.717) is 6.54 Å². The Morgan fingerprint density at radius 2 is 2.00 bits per heavy atom. The minimum Gasteiger partial charge on any atom is -0.496 e. The molecule has 0 bridgehead atoms. The number of halogens is 1. The maximum atomic E-state index is 11.7. The van der Waals surface area contributed by atoms with Crippen molar-refractivity contribution in [1.82, 2.24) is 15.2 Å². The molecule has 0 unspecified atom stereocenters. The average molecular weight is 490 g/mol. The second-order valence-corrected chi connectivity index (χ2v) is 6.50. The molecule has 1 aromatic rings. The van der Waals surface area contributed by atoms with E-state index in [1.54, 1.807) is 7.11 Å². The first-order valence-electron chi connectivity index (χ1n) is 9.11. The van der Waals surface area contributed by atoms with Gasteiger partial charge in [0.2, 0.25) is 0 Å². The zero-order valence-corrected chi connectivity index (χ0v) is 19.2. The van der Waals surface area contributed by atoms with E-state index >= 15 is 0 Å². The first kappa shape index (κ1) is 23.5. The standard InChI is InChI=1S/C19H30N4O3.HI/c1-6-20-19(23-9-7-15(8-10-23)18(24)26-5)22-12-16-14(3)17(25-4)13(2)11-21-16;/h11,15H,6-10,12H2,1-5H3,(H,20,22);1H. The van der Waals surface area contributed by atoms with Gasteiger partial charge in [0.05, 0.1) is 32.4 Å². The molecule has 0 spiro atoms. The van der Waals surface area contributed by atoms with Crippen LogP contribution in [0.4, 0.5) is 0 Å². The van der Waals surface area contributed by atoms with Crippen molar-refractivity contribution in [2.45, 2.75) is 40.2 Å². The summed E-state index contributed by atoms with van der Waals surface area (Å²) in [6.07, 6.45) is 3.39. The van der Waals surface area contributed by atoms with Crippen LogP contribution in [0.5, 0.6) is 5.75 Å². The number of likely N-dealkylation sites (tertiary alicyclic amines) is 1. The lowest BCUT2D eigenvalue weighted by Crippen LogP contribution is -2.46. The fourth-order valence-electron chi connectivity index (χ4n) is 3.30. The van der Waals surface area contributed by atoms with E-state index in [2.05, 4.69) is 22.1 Å². The summed E-state index contributed by atoms with van der Waals surface area (Å²) in [5.74, 6) is 1.60. The van der Waals surface area contributed by atoms with Gasteiger partial charge < -0.3 is 19.7 Å². The van der Waals surface area contributed by atoms with Crippen LogP contribution in [-0.4, -0.2) is 55.7 Å². The maximum Gasteiger partial charge on any atom is 0.308 e. The van der Waals surface area contributed by atoms with Gasteiger partial charge in [-0.05, 0) is 33.6 Å². The summed E-state index contributed by atoms with van der Waals surface area (Å²) in [4.78, 5) is 23.2. The summed E-state index contributed by atoms with van der Waals surface area (Å²) >= 11 is 0. The minimum atomic E-state index is -0.113. The summed E-state index contributed by atoms with van der Waals surface area (Å²) in [5.41, 5.74) is 2.96. The quantitative estimate of drug-likeness (QED) is 0.296. The third-order valence-corrected chi connectivity index (χ3v) is 4.79. The van der Waals surface area contributed by atoms with Gasteiger partial charge in [-0.15, -0.1) is 24.0 Å². The van der Waals surface area contributed by atoms with Crippen molar-refractivity contribution in [3.05, 3.63) is 23.0 Å². The zero-order chi connectivity index (χ0) is 19.1. The van der Waals surface area contributed by atoms with Crippen LogP contribution in [0.25, 0.3) is 0 Å². The molecule has 1 aromatic heterocycles. The zero-order valence-electron chi connectivity index (χ0n) is 16.9. The molecule has 8 heteroatoms. The van der Waals surface area contributed by atoms with E-state index in [1.165, 1.54) is 7.11 Å². The Kier molecular flexibility index (Phi) is 9.82. The van der Waals surface area contributed by atoms with E-state index in [4.69, 9.17) is 14.5 Å². The number of hydrogen-bond donors (Lipinski definition) is 1. The van der Waals surface area contributed by atoms with E-state index in [1.807, 2.05) is 20.0 Å². The van der Waals surface area contributed by atoms with Gasteiger partial charge in [0, 0.05) is 37.0 Å². The Balaban J connectivity index is 0.00000364. The monoisotopic (exact) mass is 490 g/mol. The second-order valence-electron chi connectivity index (χ2n) is 6.50. The molecule has 1 fully saturated rings. The molecular weight excluding hydrogens is 459 g/mol. The van der Waals surface area contributed by atoms with Crippen LogP contribution in [0.15, 0.2) is 11.2 Å². The summed E-state index contributed by atoms with van der Waals surface area (Å²) in [6.45, 7) is 8.90. The number of nitrogens with zero attached hydrogens (tertiary/aromatic N) is 3. The predicted molar refractivity (Wildman–Crippen MR) is 117 cm³/mol. The van der Waals surface area contributed by atoms with Crippen LogP contribution >= 0.6 is 24.0 Å². The van der Waals surface area contributed by atoms with Crippen molar-refractivity contribution in [1.29, 1.82) is 0 Å². The van der Waals surface area contributed by atoms with Gasteiger partial charge >= 0.3 is 5.97 Å². The van der Waals surface area contributed by atoms with Crippen molar-refractivity contribution in [2.75, 3.05) is 33.9 Å². The smallest absolute Gasteiger partial charge is 0.308 e. The van der Waals surface area contributed by atoms with Crippen molar-refractivity contribution in [3.8, 4) is 5.75 Å². The Hall–Kier alpha value is -1.58. The van der Waals surface area contributed by atoms with Gasteiger partial charge in [-0.3, -0.25) is 9.78 Å². The number of hydrogen-bond acceptors (Lipinski definition) is 5. The average Bonchev–Trinajstić information content (AvgIpc) is 2.66. The van der Waals surface area contributed by atoms with E-state index in [0.717, 1.165) is 61.0 Å². The fraction of sp³-hybridized carbons (Fsp3) is 0.632. The van der Waals surface area contributed by atoms with Crippen LogP contribution in [0.2, 0.25) is 0 Å². The van der Waals surface area contributed by atoms with Gasteiger partial charge in [-0.2, -0.15) is 0 Å². The molecule has 1 N–H and O–H groups in total. The number of aromatic nitrogens is 1. The molecule has 0 aromatic carbocycles. The predicted octanol–water partition coefficient (Wildman–Crippen LogP) is 2.68. The topological polar surface area (TPSA) is 76.1 Å². The third-order valence-electron chi connectivity index (χ3n) is 4.79. The summed E-state index contributed by atoms with van der Waals surface area (Å²) in [5, 5.41) is 3.34. The molecule has 7 nitrogen and oxygen atoms in total. The lowest BCUT2D eigenvalue weighted by molar-refractivity contribution is -0.146. The number of guanidine groups is 1. The van der Waals surface area contributed by atoms with Gasteiger partial charge in [-0.1, -0.05) is 0 Å². The highest BCUT2D eigenvalue weighted by Gasteiger charge is 2.27. The highest BCUT2D eigenvalue weighted by atomic mass is 127. The number of carbonyl (C=O) groups excluding carboxylic acids is 1. The first-order valence-corrected chi connectivity index (χ1v) is 9.11. The van der Waals surface area contributed by atoms with Crippen LogP contribution in [-0.2, 0) is 16.1 Å². The lowest BCUT2D eigenvalue weighted by atomic mass is 9.97. The number of ether oxygens (including phenoxy) is 2. The normalized spacial score (nSPS) is 15.1. The lowest BCUT2D eigenvalue weighted by Gasteiger charge is -2.33. The molecule has 0 aliphatic carbocycles. The molecule has 0 atom stereocenters. The van der Waals surface area contributed by atoms with E-state index < -0.39 is 0 Å². The minimum absolute atomic E-state index is 0. The number of nitrogens with one attached hydrogen (secondary N) is 1. The fourth-order valence-corrected chi connectivity index (χ4v) is 3.30. The third kappa shape index (κ3) is 5.95. The second kappa shape index (κ2) is 11.3. The maximum absolute atomic E-state index is 11.7. The van der Waals surface area contributed by atoms with E-state index in [9.17, 15) is 4.79 Å². The van der Waals surface area contributed by atoms with Crippen molar-refractivity contribution >= 4 is 35.9 Å².